The number of aromatic nitrogens is 2. The maximum Gasteiger partial charge on any atom is 0.162 e. The maximum atomic E-state index is 5.70. The molecule has 4 nitrogen and oxygen atoms in total. The summed E-state index contributed by atoms with van der Waals surface area (Å²) in [6.45, 7) is 5.24. The molecule has 0 unspecified atom stereocenters. The fraction of sp³-hybridized carbons (Fsp3) is 0.714. The van der Waals surface area contributed by atoms with Crippen LogP contribution in [0.5, 0.6) is 0 Å². The quantitative estimate of drug-likeness (QED) is 0.774. The second-order valence-electron chi connectivity index (χ2n) is 4.99. The van der Waals surface area contributed by atoms with Gasteiger partial charge in [-0.25, -0.2) is 9.97 Å². The highest BCUT2D eigenvalue weighted by molar-refractivity contribution is 14.1. The van der Waals surface area contributed by atoms with Crippen LogP contribution in [0.1, 0.15) is 51.0 Å². The van der Waals surface area contributed by atoms with E-state index in [0.29, 0.717) is 0 Å². The Morgan fingerprint density at radius 2 is 2.05 bits per heavy atom. The lowest BCUT2D eigenvalue weighted by molar-refractivity contribution is -0.0847. The summed E-state index contributed by atoms with van der Waals surface area (Å²) >= 11 is 2.34. The Bertz CT molecular complexity index is 441. The van der Waals surface area contributed by atoms with Gasteiger partial charge in [-0.05, 0) is 54.7 Å². The predicted molar refractivity (Wildman–Crippen MR) is 85.4 cm³/mol. The maximum absolute atomic E-state index is 5.70. The van der Waals surface area contributed by atoms with Crippen LogP contribution in [0.3, 0.4) is 0 Å². The normalized spacial score (nSPS) is 17.1. The Morgan fingerprint density at radius 1 is 1.32 bits per heavy atom. The van der Waals surface area contributed by atoms with Crippen LogP contribution in [-0.2, 0) is 16.8 Å². The van der Waals surface area contributed by atoms with Gasteiger partial charge in [0.05, 0.1) is 9.26 Å². The molecule has 0 aliphatic heterocycles. The molecule has 0 aromatic carbocycles. The lowest BCUT2D eigenvalue weighted by Gasteiger charge is -2.39. The minimum atomic E-state index is -0.239. The van der Waals surface area contributed by atoms with Gasteiger partial charge in [0.25, 0.3) is 0 Å². The molecular formula is C14H22IN3O. The number of hydrogen-bond acceptors (Lipinski definition) is 4. The summed E-state index contributed by atoms with van der Waals surface area (Å²) in [6.07, 6.45) is 5.27. The van der Waals surface area contributed by atoms with E-state index >= 15 is 0 Å². The molecule has 0 amide bonds. The number of rotatable bonds is 6. The first kappa shape index (κ1) is 15.0. The molecular weight excluding hydrogens is 353 g/mol. The van der Waals surface area contributed by atoms with Crippen molar-refractivity contribution in [3.05, 3.63) is 15.1 Å². The number of halogens is 1. The zero-order chi connectivity index (χ0) is 13.9. The summed E-state index contributed by atoms with van der Waals surface area (Å²) in [5.41, 5.74) is 0.879. The summed E-state index contributed by atoms with van der Waals surface area (Å²) < 4.78 is 6.84. The van der Waals surface area contributed by atoms with E-state index in [1.54, 1.807) is 7.11 Å². The molecule has 0 atom stereocenters. The largest absolute Gasteiger partial charge is 0.370 e. The van der Waals surface area contributed by atoms with E-state index in [0.717, 1.165) is 53.1 Å². The number of nitrogens with zero attached hydrogens (tertiary/aromatic N) is 2. The van der Waals surface area contributed by atoms with Crippen molar-refractivity contribution in [1.82, 2.24) is 9.97 Å². The third kappa shape index (κ3) is 2.86. The first-order chi connectivity index (χ1) is 9.16. The second-order valence-corrected chi connectivity index (χ2v) is 6.07. The Labute approximate surface area is 128 Å². The minimum Gasteiger partial charge on any atom is -0.370 e. The van der Waals surface area contributed by atoms with Crippen LogP contribution in [0.2, 0.25) is 0 Å². The molecule has 1 saturated carbocycles. The topological polar surface area (TPSA) is 47.0 Å². The van der Waals surface area contributed by atoms with Crippen molar-refractivity contribution < 1.29 is 4.74 Å². The molecule has 19 heavy (non-hydrogen) atoms. The molecule has 1 aromatic heterocycles. The Hall–Kier alpha value is -0.430. The Kier molecular flexibility index (Phi) is 5.00. The second kappa shape index (κ2) is 6.35. The highest BCUT2D eigenvalue weighted by Crippen LogP contribution is 2.43. The van der Waals surface area contributed by atoms with Crippen LogP contribution in [0.15, 0.2) is 0 Å². The van der Waals surface area contributed by atoms with E-state index in [2.05, 4.69) is 41.8 Å². The third-order valence-corrected chi connectivity index (χ3v) is 4.89. The van der Waals surface area contributed by atoms with Crippen LogP contribution in [0.25, 0.3) is 0 Å². The summed E-state index contributed by atoms with van der Waals surface area (Å²) in [4.78, 5) is 9.47. The fourth-order valence-electron chi connectivity index (χ4n) is 2.31. The Morgan fingerprint density at radius 3 is 2.53 bits per heavy atom. The van der Waals surface area contributed by atoms with Crippen molar-refractivity contribution in [2.45, 2.75) is 51.6 Å². The van der Waals surface area contributed by atoms with Crippen molar-refractivity contribution in [3.8, 4) is 0 Å². The molecule has 0 bridgehead atoms. The molecule has 0 saturated heterocycles. The molecule has 2 rings (SSSR count). The lowest BCUT2D eigenvalue weighted by atomic mass is 9.79. The molecule has 0 radical (unpaired) electrons. The van der Waals surface area contributed by atoms with Gasteiger partial charge in [0, 0.05) is 13.7 Å². The van der Waals surface area contributed by atoms with Gasteiger partial charge in [-0.2, -0.15) is 0 Å². The highest BCUT2D eigenvalue weighted by Gasteiger charge is 2.42. The fourth-order valence-corrected chi connectivity index (χ4v) is 3.12. The van der Waals surface area contributed by atoms with Crippen molar-refractivity contribution >= 4 is 28.4 Å². The highest BCUT2D eigenvalue weighted by atomic mass is 127. The summed E-state index contributed by atoms with van der Waals surface area (Å²) in [7, 11) is 1.77. The molecule has 1 aromatic rings. The molecule has 106 valence electrons. The van der Waals surface area contributed by atoms with E-state index in [9.17, 15) is 0 Å². The van der Waals surface area contributed by atoms with Gasteiger partial charge < -0.3 is 10.1 Å². The number of hydrogen-bond donors (Lipinski definition) is 1. The third-order valence-electron chi connectivity index (χ3n) is 3.76. The monoisotopic (exact) mass is 375 g/mol. The molecule has 1 fully saturated rings. The van der Waals surface area contributed by atoms with E-state index in [-0.39, 0.29) is 5.60 Å². The smallest absolute Gasteiger partial charge is 0.162 e. The van der Waals surface area contributed by atoms with Gasteiger partial charge in [0.1, 0.15) is 11.4 Å². The number of anilines is 1. The zero-order valence-corrected chi connectivity index (χ0v) is 14.1. The van der Waals surface area contributed by atoms with E-state index in [1.165, 1.54) is 6.42 Å². The SMILES string of the molecule is CCCNc1nc(C2(OC)CCC2)nc(CC)c1I. The Balaban J connectivity index is 2.38. The zero-order valence-electron chi connectivity index (χ0n) is 11.9. The van der Waals surface area contributed by atoms with Crippen LogP contribution in [0.4, 0.5) is 5.82 Å². The van der Waals surface area contributed by atoms with Crippen molar-refractivity contribution in [2.75, 3.05) is 19.0 Å². The van der Waals surface area contributed by atoms with Crippen LogP contribution in [-0.4, -0.2) is 23.6 Å². The van der Waals surface area contributed by atoms with Crippen LogP contribution >= 0.6 is 22.6 Å². The summed E-state index contributed by atoms with van der Waals surface area (Å²) in [6, 6.07) is 0. The number of nitrogens with one attached hydrogen (secondary N) is 1. The molecule has 1 N–H and O–H groups in total. The molecule has 1 aliphatic rings. The van der Waals surface area contributed by atoms with Crippen molar-refractivity contribution in [2.24, 2.45) is 0 Å². The molecule has 1 heterocycles. The van der Waals surface area contributed by atoms with Gasteiger partial charge in [-0.15, -0.1) is 0 Å². The number of methoxy groups -OCH3 is 1. The summed E-state index contributed by atoms with van der Waals surface area (Å²) in [5, 5.41) is 3.41. The van der Waals surface area contributed by atoms with E-state index in [4.69, 9.17) is 14.7 Å². The van der Waals surface area contributed by atoms with Gasteiger partial charge in [-0.3, -0.25) is 0 Å². The number of ether oxygens (including phenoxy) is 1. The molecule has 5 heteroatoms. The summed E-state index contributed by atoms with van der Waals surface area (Å²) in [5.74, 6) is 1.82. The first-order valence-corrected chi connectivity index (χ1v) is 8.10. The molecule has 1 aliphatic carbocycles. The first-order valence-electron chi connectivity index (χ1n) is 7.02. The molecule has 0 spiro atoms. The lowest BCUT2D eigenvalue weighted by Crippen LogP contribution is -2.38. The van der Waals surface area contributed by atoms with Crippen molar-refractivity contribution in [1.29, 1.82) is 0 Å². The van der Waals surface area contributed by atoms with Gasteiger partial charge in [0.2, 0.25) is 0 Å². The van der Waals surface area contributed by atoms with Crippen LogP contribution in [0, 0.1) is 3.57 Å². The predicted octanol–water partition coefficient (Wildman–Crippen LogP) is 3.49. The average molecular weight is 375 g/mol. The standard InChI is InChI=1S/C14H22IN3O/c1-4-9-16-12-11(15)10(5-2)17-13(18-12)14(19-3)7-6-8-14/h4-9H2,1-3H3,(H,16,17,18). The van der Waals surface area contributed by atoms with Crippen LogP contribution < -0.4 is 5.32 Å². The van der Waals surface area contributed by atoms with E-state index in [1.807, 2.05) is 0 Å². The van der Waals surface area contributed by atoms with E-state index < -0.39 is 0 Å². The average Bonchev–Trinajstić information content (AvgIpc) is 2.38. The minimum absolute atomic E-state index is 0.239. The van der Waals surface area contributed by atoms with Crippen molar-refractivity contribution in [3.63, 3.8) is 0 Å². The van der Waals surface area contributed by atoms with Gasteiger partial charge in [0.15, 0.2) is 5.82 Å². The van der Waals surface area contributed by atoms with Gasteiger partial charge >= 0.3 is 0 Å². The van der Waals surface area contributed by atoms with Gasteiger partial charge in [-0.1, -0.05) is 13.8 Å². The number of aryl methyl sites for hydroxylation is 1.